The van der Waals surface area contributed by atoms with Crippen LogP contribution in [-0.2, 0) is 36.4 Å². The Morgan fingerprint density at radius 3 is 2.49 bits per heavy atom. The number of hydrogen-bond acceptors (Lipinski definition) is 11. The van der Waals surface area contributed by atoms with Gasteiger partial charge in [0.2, 0.25) is 15.9 Å². The Balaban J connectivity index is 1.41. The van der Waals surface area contributed by atoms with Crippen LogP contribution in [0.25, 0.3) is 21.0 Å². The highest BCUT2D eigenvalue weighted by atomic mass is 32.2. The van der Waals surface area contributed by atoms with Crippen LogP contribution in [0.15, 0.2) is 44.7 Å². The lowest BCUT2D eigenvalue weighted by Gasteiger charge is -2.33. The highest BCUT2D eigenvalue weighted by Crippen LogP contribution is 2.40. The minimum atomic E-state index is -4.07. The maximum absolute atomic E-state index is 14.9. The van der Waals surface area contributed by atoms with E-state index in [-0.39, 0.29) is 39.6 Å². The number of oxazole rings is 1. The van der Waals surface area contributed by atoms with Crippen LogP contribution in [0.5, 0.6) is 5.75 Å². The second kappa shape index (κ2) is 13.2. The highest BCUT2D eigenvalue weighted by Gasteiger charge is 2.43. The largest absolute Gasteiger partial charge is 0.444 e. The third-order valence-corrected chi connectivity index (χ3v) is 12.8. The third-order valence-electron chi connectivity index (χ3n) is 9.64. The molecular weight excluding hydrogens is 718 g/mol. The molecule has 1 amide bonds. The predicted octanol–water partition coefficient (Wildman–Crippen LogP) is 4.74. The molecule has 0 unspecified atom stereocenters. The first-order valence-corrected chi connectivity index (χ1v) is 18.8. The molecule has 1 saturated carbocycles. The fourth-order valence-electron chi connectivity index (χ4n) is 6.86. The SMILES string of the molecule is Cc1c(-c2ncco2)sc2c1c(=O)n(C(C)(C)C(=O)NS(=O)(=O)C1CC1)c(=O)n2C[C@H](OC1C[C@H]2CC[C@H](C1)O2)c1cc(F)ccc1OC(F)F. The molecule has 1 N–H and O–H groups in total. The van der Waals surface area contributed by atoms with Gasteiger partial charge in [-0.05, 0) is 83.1 Å². The Labute approximate surface area is 293 Å². The standard InChI is InChI=1S/C33H35F3N4O9S2/c1-16-25-28(41)40(33(2,3)30(42)38-51(44,45)21-7-8-21)32(43)39(29(25)50-26(16)27-37-10-11-46-27)15-24(48-20-13-18-5-6-19(14-20)47-18)22-12-17(34)4-9-23(22)49-31(35)36/h4,9-12,18-21,24,31H,5-8,13-15H2,1-3H3,(H,38,42)/t18-,19-,24+/m1/s1. The molecule has 51 heavy (non-hydrogen) atoms. The summed E-state index contributed by atoms with van der Waals surface area (Å²) < 4.78 is 94.3. The zero-order valence-electron chi connectivity index (χ0n) is 27.8. The van der Waals surface area contributed by atoms with E-state index in [9.17, 15) is 36.0 Å². The molecule has 0 spiro atoms. The van der Waals surface area contributed by atoms with Crippen molar-refractivity contribution in [3.8, 4) is 16.5 Å². The number of thiophene rings is 1. The molecule has 18 heteroatoms. The number of fused-ring (bicyclic) bond motifs is 3. The van der Waals surface area contributed by atoms with Gasteiger partial charge in [0, 0.05) is 5.56 Å². The number of sulfonamides is 1. The van der Waals surface area contributed by atoms with Crippen molar-refractivity contribution in [3.63, 3.8) is 0 Å². The fraction of sp³-hybridized carbons (Fsp3) is 0.515. The van der Waals surface area contributed by atoms with Crippen molar-refractivity contribution in [2.45, 2.75) is 108 Å². The second-order valence-electron chi connectivity index (χ2n) is 13.6. The lowest BCUT2D eigenvalue weighted by molar-refractivity contribution is -0.126. The van der Waals surface area contributed by atoms with Crippen LogP contribution in [0, 0.1) is 12.7 Å². The summed E-state index contributed by atoms with van der Waals surface area (Å²) in [4.78, 5) is 47.3. The van der Waals surface area contributed by atoms with E-state index in [1.807, 2.05) is 4.72 Å². The molecule has 3 atom stereocenters. The van der Waals surface area contributed by atoms with Crippen molar-refractivity contribution < 1.29 is 45.0 Å². The Bertz CT molecular complexity index is 2200. The molecule has 5 heterocycles. The molecule has 1 aliphatic carbocycles. The number of halogens is 3. The summed E-state index contributed by atoms with van der Waals surface area (Å²) in [5, 5.41) is -0.755. The van der Waals surface area contributed by atoms with Crippen LogP contribution in [0.2, 0.25) is 0 Å². The predicted molar refractivity (Wildman–Crippen MR) is 178 cm³/mol. The minimum Gasteiger partial charge on any atom is -0.444 e. The van der Waals surface area contributed by atoms with E-state index in [0.29, 0.717) is 40.7 Å². The van der Waals surface area contributed by atoms with E-state index >= 15 is 0 Å². The summed E-state index contributed by atoms with van der Waals surface area (Å²) >= 11 is 0.995. The van der Waals surface area contributed by atoms with E-state index in [1.54, 1.807) is 6.92 Å². The maximum atomic E-state index is 14.9. The maximum Gasteiger partial charge on any atom is 0.387 e. The molecule has 2 bridgehead atoms. The van der Waals surface area contributed by atoms with E-state index in [0.717, 1.165) is 46.9 Å². The third kappa shape index (κ3) is 6.73. The van der Waals surface area contributed by atoms with Gasteiger partial charge in [-0.1, -0.05) is 0 Å². The van der Waals surface area contributed by atoms with Gasteiger partial charge in [-0.25, -0.2) is 27.2 Å². The van der Waals surface area contributed by atoms with Crippen LogP contribution in [0.4, 0.5) is 13.2 Å². The van der Waals surface area contributed by atoms with Gasteiger partial charge in [0.15, 0.2) is 0 Å². The molecule has 2 saturated heterocycles. The first kappa shape index (κ1) is 35.4. The van der Waals surface area contributed by atoms with Gasteiger partial charge in [-0.3, -0.25) is 18.9 Å². The molecule has 7 rings (SSSR count). The monoisotopic (exact) mass is 752 g/mol. The summed E-state index contributed by atoms with van der Waals surface area (Å²) in [5.41, 5.74) is -3.71. The van der Waals surface area contributed by atoms with Gasteiger partial charge in [-0.2, -0.15) is 8.78 Å². The van der Waals surface area contributed by atoms with Crippen molar-refractivity contribution in [3.05, 3.63) is 68.4 Å². The number of benzene rings is 1. The first-order chi connectivity index (χ1) is 24.1. The number of ether oxygens (including phenoxy) is 3. The summed E-state index contributed by atoms with van der Waals surface area (Å²) in [7, 11) is -4.07. The zero-order valence-corrected chi connectivity index (χ0v) is 29.4. The number of carbonyl (C=O) groups is 1. The van der Waals surface area contributed by atoms with Gasteiger partial charge in [-0.15, -0.1) is 11.3 Å². The van der Waals surface area contributed by atoms with Crippen LogP contribution in [0.3, 0.4) is 0 Å². The van der Waals surface area contributed by atoms with Crippen LogP contribution >= 0.6 is 11.3 Å². The number of nitrogens with one attached hydrogen (secondary N) is 1. The Morgan fingerprint density at radius 1 is 1.16 bits per heavy atom. The fourth-order valence-corrected chi connectivity index (χ4v) is 9.54. The van der Waals surface area contributed by atoms with Crippen molar-refractivity contribution in [1.29, 1.82) is 0 Å². The average molecular weight is 753 g/mol. The highest BCUT2D eigenvalue weighted by molar-refractivity contribution is 7.90. The van der Waals surface area contributed by atoms with Crippen LogP contribution in [0.1, 0.15) is 69.6 Å². The van der Waals surface area contributed by atoms with E-state index < -0.39 is 69.1 Å². The number of carbonyl (C=O) groups excluding carboxylic acids is 1. The first-order valence-electron chi connectivity index (χ1n) is 16.4. The summed E-state index contributed by atoms with van der Waals surface area (Å²) in [6.07, 6.45) is 4.08. The number of alkyl halides is 2. The molecule has 13 nitrogen and oxygen atoms in total. The van der Waals surface area contributed by atoms with Crippen molar-refractivity contribution in [1.82, 2.24) is 18.8 Å². The number of amides is 1. The lowest BCUT2D eigenvalue weighted by Crippen LogP contribution is -2.57. The lowest BCUT2D eigenvalue weighted by atomic mass is 10.0. The Hall–Kier alpha value is -4.00. The number of nitrogens with zero attached hydrogens (tertiary/aromatic N) is 3. The Kier molecular flexibility index (Phi) is 9.16. The molecule has 3 aromatic heterocycles. The van der Waals surface area contributed by atoms with Crippen LogP contribution in [-0.4, -0.2) is 58.6 Å². The van der Waals surface area contributed by atoms with Gasteiger partial charge >= 0.3 is 12.3 Å². The number of aryl methyl sites for hydroxylation is 1. The van der Waals surface area contributed by atoms with Gasteiger partial charge in [0.1, 0.15) is 34.3 Å². The van der Waals surface area contributed by atoms with Crippen molar-refractivity contribution in [2.75, 3.05) is 0 Å². The molecule has 0 radical (unpaired) electrons. The second-order valence-corrected chi connectivity index (χ2v) is 16.5. The van der Waals surface area contributed by atoms with Gasteiger partial charge in [0.05, 0.1) is 46.6 Å². The van der Waals surface area contributed by atoms with E-state index in [4.69, 9.17) is 18.6 Å². The van der Waals surface area contributed by atoms with Gasteiger partial charge in [0.25, 0.3) is 11.5 Å². The Morgan fingerprint density at radius 2 is 1.86 bits per heavy atom. The van der Waals surface area contributed by atoms with E-state index in [2.05, 4.69) is 4.98 Å². The quantitative estimate of drug-likeness (QED) is 0.214. The van der Waals surface area contributed by atoms with E-state index in [1.165, 1.54) is 26.3 Å². The zero-order chi connectivity index (χ0) is 36.4. The molecule has 1 aromatic carbocycles. The van der Waals surface area contributed by atoms with Gasteiger partial charge < -0.3 is 18.6 Å². The molecule has 3 fully saturated rings. The number of aromatic nitrogens is 3. The molecule has 4 aromatic rings. The topological polar surface area (TPSA) is 161 Å². The summed E-state index contributed by atoms with van der Waals surface area (Å²) in [5.74, 6) is -2.11. The smallest absolute Gasteiger partial charge is 0.387 e. The molecular formula is C33H35F3N4O9S2. The number of rotatable bonds is 12. The molecule has 2 aliphatic heterocycles. The molecule has 3 aliphatic rings. The minimum absolute atomic E-state index is 0.00452. The summed E-state index contributed by atoms with van der Waals surface area (Å²) in [6.45, 7) is 0.380. The normalized spacial score (nSPS) is 21.4. The summed E-state index contributed by atoms with van der Waals surface area (Å²) in [6, 6.07) is 3.00. The van der Waals surface area contributed by atoms with Crippen LogP contribution < -0.4 is 20.7 Å². The number of hydrogen-bond donors (Lipinski definition) is 1. The van der Waals surface area contributed by atoms with Crippen molar-refractivity contribution in [2.24, 2.45) is 0 Å². The van der Waals surface area contributed by atoms with Crippen molar-refractivity contribution >= 4 is 37.5 Å². The average Bonchev–Trinajstić information content (AvgIpc) is 3.55. The molecule has 274 valence electrons.